The Balaban J connectivity index is 0.000000345. The van der Waals surface area contributed by atoms with E-state index in [4.69, 9.17) is 21.5 Å². The molecule has 3 N–H and O–H groups in total. The summed E-state index contributed by atoms with van der Waals surface area (Å²) in [6, 6.07) is 4.28. The number of hydrogen-bond donors (Lipinski definition) is 3. The first-order valence-electron chi connectivity index (χ1n) is 7.69. The zero-order chi connectivity index (χ0) is 20.9. The number of carbonyl (C=O) groups is 1. The first-order valence-corrected chi connectivity index (χ1v) is 8.88. The smallest absolute Gasteiger partial charge is 0.475 e. The van der Waals surface area contributed by atoms with E-state index in [0.717, 1.165) is 12.1 Å². The van der Waals surface area contributed by atoms with Crippen molar-refractivity contribution in [2.45, 2.75) is 19.3 Å². The molecule has 0 saturated heterocycles. The van der Waals surface area contributed by atoms with Crippen LogP contribution in [0.2, 0.25) is 5.28 Å². The van der Waals surface area contributed by atoms with Crippen LogP contribution in [0.4, 0.5) is 19.0 Å². The van der Waals surface area contributed by atoms with Crippen molar-refractivity contribution in [3.8, 4) is 0 Å². The lowest BCUT2D eigenvalue weighted by atomic mass is 10.4. The van der Waals surface area contributed by atoms with Crippen LogP contribution >= 0.6 is 22.9 Å². The molecule has 0 aliphatic carbocycles. The van der Waals surface area contributed by atoms with Gasteiger partial charge in [-0.05, 0) is 37.8 Å². The molecule has 0 amide bonds. The summed E-state index contributed by atoms with van der Waals surface area (Å²) in [5.74, 6) is -2.09. The Morgan fingerprint density at radius 2 is 1.96 bits per heavy atom. The number of fused-ring (bicyclic) bond motifs is 1. The van der Waals surface area contributed by atoms with Gasteiger partial charge in [-0.25, -0.2) is 9.78 Å². The second-order valence-corrected chi connectivity index (χ2v) is 7.30. The highest BCUT2D eigenvalue weighted by Crippen LogP contribution is 2.22. The molecule has 152 valence electrons. The zero-order valence-corrected chi connectivity index (χ0v) is 16.3. The number of nitrogens with zero attached hydrogens (tertiary/aromatic N) is 4. The number of carboxylic acid groups (broad SMARTS) is 1. The Labute approximate surface area is 166 Å². The number of anilines is 1. The molecular formula is C15H16ClF3N6O2S. The number of imidazole rings is 1. The van der Waals surface area contributed by atoms with Crippen LogP contribution in [-0.2, 0) is 17.9 Å². The molecule has 3 aromatic heterocycles. The van der Waals surface area contributed by atoms with E-state index in [1.165, 1.54) is 9.75 Å². The Hall–Kier alpha value is -2.44. The molecule has 0 spiro atoms. The van der Waals surface area contributed by atoms with Crippen LogP contribution in [0, 0.1) is 0 Å². The van der Waals surface area contributed by atoms with Gasteiger partial charge in [0.05, 0.1) is 12.9 Å². The number of halogens is 4. The minimum atomic E-state index is -5.08. The van der Waals surface area contributed by atoms with Crippen molar-refractivity contribution < 1.29 is 23.1 Å². The molecule has 8 nitrogen and oxygen atoms in total. The molecule has 0 aliphatic rings. The van der Waals surface area contributed by atoms with Crippen molar-refractivity contribution in [2.75, 3.05) is 19.4 Å². The fraction of sp³-hybridized carbons (Fsp3) is 0.333. The molecular weight excluding hydrogens is 421 g/mol. The number of aromatic nitrogens is 4. The van der Waals surface area contributed by atoms with Gasteiger partial charge in [0, 0.05) is 16.3 Å². The third kappa shape index (κ3) is 6.32. The average Bonchev–Trinajstić information content (AvgIpc) is 3.20. The molecule has 3 heterocycles. The van der Waals surface area contributed by atoms with Crippen LogP contribution in [0.3, 0.4) is 0 Å². The van der Waals surface area contributed by atoms with Gasteiger partial charge in [-0.1, -0.05) is 0 Å². The van der Waals surface area contributed by atoms with Gasteiger partial charge in [-0.15, -0.1) is 11.3 Å². The fourth-order valence-electron chi connectivity index (χ4n) is 2.02. The lowest BCUT2D eigenvalue weighted by molar-refractivity contribution is -0.192. The fourth-order valence-corrected chi connectivity index (χ4v) is 3.26. The third-order valence-corrected chi connectivity index (χ3v) is 4.36. The van der Waals surface area contributed by atoms with Crippen LogP contribution in [0.5, 0.6) is 0 Å². The Morgan fingerprint density at radius 1 is 1.32 bits per heavy atom. The van der Waals surface area contributed by atoms with Crippen molar-refractivity contribution in [2.24, 2.45) is 0 Å². The lowest BCUT2D eigenvalue weighted by Crippen LogP contribution is -2.21. The van der Waals surface area contributed by atoms with E-state index in [1.807, 2.05) is 0 Å². The SMILES string of the molecule is CN(C)Cc1ccc(CNc2nc(Cl)nc3nc[nH]c23)s1.O=C(O)C(F)(F)F. The molecule has 13 heteroatoms. The minimum Gasteiger partial charge on any atom is -0.475 e. The number of alkyl halides is 3. The van der Waals surface area contributed by atoms with Gasteiger partial charge >= 0.3 is 12.1 Å². The van der Waals surface area contributed by atoms with Crippen LogP contribution in [0.25, 0.3) is 11.2 Å². The standard InChI is InChI=1S/C13H15ClN6S.C2HF3O2/c1-20(2)6-9-4-3-8(21-9)5-15-11-10-12(17-7-16-10)19-13(14)18-11;3-2(4,5)1(6)7/h3-4,7H,5-6H2,1-2H3,(H2,15,16,17,18,19);(H,6,7). The quantitative estimate of drug-likeness (QED) is 0.526. The van der Waals surface area contributed by atoms with E-state index >= 15 is 0 Å². The second-order valence-electron chi connectivity index (χ2n) is 5.70. The summed E-state index contributed by atoms with van der Waals surface area (Å²) < 4.78 is 31.7. The maximum Gasteiger partial charge on any atom is 0.490 e. The number of nitrogens with one attached hydrogen (secondary N) is 2. The summed E-state index contributed by atoms with van der Waals surface area (Å²) >= 11 is 7.69. The molecule has 0 saturated carbocycles. The van der Waals surface area contributed by atoms with Gasteiger partial charge in [-0.2, -0.15) is 23.1 Å². The van der Waals surface area contributed by atoms with Crippen LogP contribution in [-0.4, -0.2) is 56.2 Å². The Morgan fingerprint density at radius 3 is 2.57 bits per heavy atom. The van der Waals surface area contributed by atoms with E-state index in [0.29, 0.717) is 18.0 Å². The summed E-state index contributed by atoms with van der Waals surface area (Å²) in [6.45, 7) is 1.65. The molecule has 0 bridgehead atoms. The Bertz CT molecular complexity index is 943. The highest BCUT2D eigenvalue weighted by atomic mass is 35.5. The predicted molar refractivity (Wildman–Crippen MR) is 99.4 cm³/mol. The summed E-state index contributed by atoms with van der Waals surface area (Å²) in [7, 11) is 4.13. The molecule has 0 aliphatic heterocycles. The van der Waals surface area contributed by atoms with Crippen molar-refractivity contribution in [3.63, 3.8) is 0 Å². The van der Waals surface area contributed by atoms with Crippen molar-refractivity contribution >= 4 is 45.9 Å². The van der Waals surface area contributed by atoms with Gasteiger partial charge in [0.2, 0.25) is 5.28 Å². The maximum atomic E-state index is 10.6. The largest absolute Gasteiger partial charge is 0.490 e. The minimum absolute atomic E-state index is 0.191. The van der Waals surface area contributed by atoms with Gasteiger partial charge in [0.15, 0.2) is 11.5 Å². The topological polar surface area (TPSA) is 107 Å². The van der Waals surface area contributed by atoms with Crippen LogP contribution in [0.15, 0.2) is 18.5 Å². The summed E-state index contributed by atoms with van der Waals surface area (Å²) in [6.07, 6.45) is -3.50. The number of thiophene rings is 1. The van der Waals surface area contributed by atoms with E-state index in [-0.39, 0.29) is 5.28 Å². The molecule has 28 heavy (non-hydrogen) atoms. The van der Waals surface area contributed by atoms with Crippen molar-refractivity contribution in [1.82, 2.24) is 24.8 Å². The first-order chi connectivity index (χ1) is 13.1. The third-order valence-electron chi connectivity index (χ3n) is 3.12. The van der Waals surface area contributed by atoms with Gasteiger partial charge < -0.3 is 20.3 Å². The van der Waals surface area contributed by atoms with Gasteiger partial charge in [0.25, 0.3) is 0 Å². The molecule has 0 unspecified atom stereocenters. The molecule has 0 aromatic carbocycles. The number of aromatic amines is 1. The van der Waals surface area contributed by atoms with E-state index in [2.05, 4.69) is 56.4 Å². The molecule has 0 radical (unpaired) electrons. The second kappa shape index (κ2) is 9.17. The van der Waals surface area contributed by atoms with Gasteiger partial charge in [0.1, 0.15) is 5.52 Å². The molecule has 3 rings (SSSR count). The van der Waals surface area contributed by atoms with E-state index in [1.54, 1.807) is 17.7 Å². The number of H-pyrrole nitrogens is 1. The Kier molecular flexibility index (Phi) is 7.16. The summed E-state index contributed by atoms with van der Waals surface area (Å²) in [5, 5.41) is 10.6. The summed E-state index contributed by atoms with van der Waals surface area (Å²) in [4.78, 5) is 29.0. The first kappa shape index (κ1) is 21.9. The van der Waals surface area contributed by atoms with Crippen LogP contribution in [0.1, 0.15) is 9.75 Å². The van der Waals surface area contributed by atoms with Crippen LogP contribution < -0.4 is 5.32 Å². The molecule has 3 aromatic rings. The average molecular weight is 437 g/mol. The normalized spacial score (nSPS) is 11.4. The highest BCUT2D eigenvalue weighted by Gasteiger charge is 2.38. The van der Waals surface area contributed by atoms with Gasteiger partial charge in [-0.3, -0.25) is 0 Å². The number of carboxylic acids is 1. The van der Waals surface area contributed by atoms with Crippen molar-refractivity contribution in [3.05, 3.63) is 33.5 Å². The maximum absolute atomic E-state index is 10.6. The molecule has 0 fully saturated rings. The summed E-state index contributed by atoms with van der Waals surface area (Å²) in [5.41, 5.74) is 1.33. The zero-order valence-electron chi connectivity index (χ0n) is 14.7. The monoisotopic (exact) mass is 436 g/mol. The lowest BCUT2D eigenvalue weighted by Gasteiger charge is -2.06. The number of hydrogen-bond acceptors (Lipinski definition) is 7. The van der Waals surface area contributed by atoms with E-state index < -0.39 is 12.1 Å². The van der Waals surface area contributed by atoms with E-state index in [9.17, 15) is 13.2 Å². The molecule has 0 atom stereocenters. The predicted octanol–water partition coefficient (Wildman–Crippen LogP) is 3.37. The van der Waals surface area contributed by atoms with Crippen molar-refractivity contribution in [1.29, 1.82) is 0 Å². The number of aliphatic carboxylic acids is 1. The highest BCUT2D eigenvalue weighted by molar-refractivity contribution is 7.12. The number of rotatable bonds is 5.